The predicted octanol–water partition coefficient (Wildman–Crippen LogP) is 6.56. The van der Waals surface area contributed by atoms with Gasteiger partial charge in [-0.2, -0.15) is 0 Å². The lowest BCUT2D eigenvalue weighted by atomic mass is 10.00. The molecule has 0 saturated heterocycles. The molecule has 190 valence electrons. The van der Waals surface area contributed by atoms with Crippen LogP contribution in [0.4, 0.5) is 15.8 Å². The molecular formula is C30H27FN6O. The molecule has 2 aromatic heterocycles. The number of amides is 1. The van der Waals surface area contributed by atoms with E-state index in [2.05, 4.69) is 20.3 Å². The minimum atomic E-state index is -0.339. The summed E-state index contributed by atoms with van der Waals surface area (Å²) in [6.07, 6.45) is 5.53. The van der Waals surface area contributed by atoms with Crippen LogP contribution in [0.1, 0.15) is 37.6 Å². The van der Waals surface area contributed by atoms with Gasteiger partial charge in [0.2, 0.25) is 5.91 Å². The number of fused-ring (bicyclic) bond motifs is 1. The molecule has 5 aromatic rings. The minimum Gasteiger partial charge on any atom is -0.398 e. The maximum absolute atomic E-state index is 14.5. The second-order valence-electron chi connectivity index (χ2n) is 9.06. The van der Waals surface area contributed by atoms with Gasteiger partial charge in [-0.05, 0) is 42.3 Å². The van der Waals surface area contributed by atoms with E-state index in [9.17, 15) is 9.18 Å². The van der Waals surface area contributed by atoms with E-state index in [0.717, 1.165) is 24.0 Å². The first-order valence-corrected chi connectivity index (χ1v) is 12.4. The van der Waals surface area contributed by atoms with Crippen molar-refractivity contribution in [2.45, 2.75) is 26.2 Å². The first-order valence-electron chi connectivity index (χ1n) is 12.4. The van der Waals surface area contributed by atoms with E-state index in [0.29, 0.717) is 51.3 Å². The van der Waals surface area contributed by atoms with Gasteiger partial charge in [0, 0.05) is 40.6 Å². The van der Waals surface area contributed by atoms with E-state index in [1.54, 1.807) is 36.7 Å². The molecule has 8 heteroatoms. The molecule has 0 radical (unpaired) electrons. The van der Waals surface area contributed by atoms with Crippen molar-refractivity contribution >= 4 is 34.0 Å². The SMILES string of the molecule is CCCCC(=O)Nc1cncc(-c2ccc(N)c(C(=N)c3nc4c(-c5ccccc5F)cccc4[nH]3)c2)c1. The number of anilines is 2. The van der Waals surface area contributed by atoms with Gasteiger partial charge in [-0.3, -0.25) is 15.2 Å². The maximum Gasteiger partial charge on any atom is 0.224 e. The van der Waals surface area contributed by atoms with Crippen LogP contribution in [0.25, 0.3) is 33.3 Å². The van der Waals surface area contributed by atoms with Gasteiger partial charge in [-0.15, -0.1) is 0 Å². The fourth-order valence-electron chi connectivity index (χ4n) is 4.35. The Morgan fingerprint density at radius 1 is 1.03 bits per heavy atom. The summed E-state index contributed by atoms with van der Waals surface area (Å²) in [5, 5.41) is 11.8. The third-order valence-electron chi connectivity index (χ3n) is 6.35. The monoisotopic (exact) mass is 506 g/mol. The Balaban J connectivity index is 1.47. The molecule has 5 rings (SSSR count). The lowest BCUT2D eigenvalue weighted by molar-refractivity contribution is -0.116. The fraction of sp³-hybridized carbons (Fsp3) is 0.133. The van der Waals surface area contributed by atoms with Gasteiger partial charge in [-0.1, -0.05) is 49.7 Å². The average Bonchev–Trinajstić information content (AvgIpc) is 3.37. The number of benzene rings is 3. The molecule has 1 amide bonds. The van der Waals surface area contributed by atoms with Crippen molar-refractivity contribution in [1.29, 1.82) is 5.41 Å². The number of hydrogen-bond donors (Lipinski definition) is 4. The smallest absolute Gasteiger partial charge is 0.224 e. The number of nitrogens with one attached hydrogen (secondary N) is 3. The molecule has 38 heavy (non-hydrogen) atoms. The largest absolute Gasteiger partial charge is 0.398 e. The van der Waals surface area contributed by atoms with Gasteiger partial charge in [0.15, 0.2) is 5.82 Å². The molecule has 7 nitrogen and oxygen atoms in total. The number of para-hydroxylation sites is 1. The zero-order valence-electron chi connectivity index (χ0n) is 20.9. The van der Waals surface area contributed by atoms with Crippen molar-refractivity contribution in [3.05, 3.63) is 96.3 Å². The Kier molecular flexibility index (Phi) is 6.95. The number of pyridine rings is 1. The number of nitrogens with zero attached hydrogens (tertiary/aromatic N) is 2. The molecule has 0 bridgehead atoms. The normalized spacial score (nSPS) is 11.0. The van der Waals surface area contributed by atoms with Crippen LogP contribution < -0.4 is 11.1 Å². The predicted molar refractivity (Wildman–Crippen MR) is 150 cm³/mol. The van der Waals surface area contributed by atoms with E-state index in [-0.39, 0.29) is 17.4 Å². The molecule has 0 unspecified atom stereocenters. The van der Waals surface area contributed by atoms with Crippen molar-refractivity contribution in [2.24, 2.45) is 0 Å². The summed E-state index contributed by atoms with van der Waals surface area (Å²) in [5.41, 5.74) is 11.8. The van der Waals surface area contributed by atoms with Crippen LogP contribution in [0.5, 0.6) is 0 Å². The van der Waals surface area contributed by atoms with Crippen molar-refractivity contribution in [2.75, 3.05) is 11.1 Å². The van der Waals surface area contributed by atoms with Crippen LogP contribution in [0, 0.1) is 11.2 Å². The fourth-order valence-corrected chi connectivity index (χ4v) is 4.35. The van der Waals surface area contributed by atoms with Crippen LogP contribution in [-0.2, 0) is 4.79 Å². The Labute approximate surface area is 219 Å². The number of carbonyl (C=O) groups excluding carboxylic acids is 1. The highest BCUT2D eigenvalue weighted by atomic mass is 19.1. The highest BCUT2D eigenvalue weighted by molar-refractivity contribution is 6.14. The molecule has 0 aliphatic carbocycles. The second kappa shape index (κ2) is 10.6. The molecule has 0 spiro atoms. The van der Waals surface area contributed by atoms with Gasteiger partial charge < -0.3 is 16.0 Å². The van der Waals surface area contributed by atoms with Crippen molar-refractivity contribution in [3.8, 4) is 22.3 Å². The van der Waals surface area contributed by atoms with E-state index >= 15 is 0 Å². The number of nitrogen functional groups attached to an aromatic ring is 1. The second-order valence-corrected chi connectivity index (χ2v) is 9.06. The third-order valence-corrected chi connectivity index (χ3v) is 6.35. The standard InChI is InChI=1S/C30H27FN6O/c1-2-3-11-27(38)35-20-14-19(16-34-17-20)18-12-13-25(32)23(15-18)28(33)30-36-26-10-6-8-22(29(26)37-30)21-7-4-5-9-24(21)31/h4-10,12-17,33H,2-3,11,32H2,1H3,(H,35,38)(H,36,37). The number of carbonyl (C=O) groups is 1. The molecule has 0 saturated carbocycles. The summed E-state index contributed by atoms with van der Waals surface area (Å²) in [4.78, 5) is 24.3. The van der Waals surface area contributed by atoms with E-state index in [1.807, 2.05) is 43.3 Å². The highest BCUT2D eigenvalue weighted by Gasteiger charge is 2.17. The molecular weight excluding hydrogens is 479 g/mol. The number of nitrogens with two attached hydrogens (primary N) is 1. The van der Waals surface area contributed by atoms with Crippen LogP contribution in [-0.4, -0.2) is 26.6 Å². The topological polar surface area (TPSA) is 121 Å². The Bertz CT molecular complexity index is 1660. The molecule has 0 fully saturated rings. The first-order chi connectivity index (χ1) is 18.4. The van der Waals surface area contributed by atoms with Crippen LogP contribution in [0.3, 0.4) is 0 Å². The van der Waals surface area contributed by atoms with Gasteiger partial charge >= 0.3 is 0 Å². The molecule has 0 aliphatic heterocycles. The number of halogens is 1. The third kappa shape index (κ3) is 5.01. The van der Waals surface area contributed by atoms with Crippen molar-refractivity contribution in [3.63, 3.8) is 0 Å². The van der Waals surface area contributed by atoms with Gasteiger partial charge in [0.05, 0.1) is 22.9 Å². The Morgan fingerprint density at radius 3 is 2.66 bits per heavy atom. The molecule has 2 heterocycles. The molecule has 5 N–H and O–H groups in total. The Morgan fingerprint density at radius 2 is 1.84 bits per heavy atom. The summed E-state index contributed by atoms with van der Waals surface area (Å²) in [6.45, 7) is 2.04. The molecule has 0 aliphatic rings. The van der Waals surface area contributed by atoms with Gasteiger partial charge in [-0.25, -0.2) is 9.37 Å². The summed E-state index contributed by atoms with van der Waals surface area (Å²) in [5.74, 6) is -0.0677. The molecule has 0 atom stereocenters. The summed E-state index contributed by atoms with van der Waals surface area (Å²) in [7, 11) is 0. The number of H-pyrrole nitrogens is 1. The number of aromatic amines is 1. The average molecular weight is 507 g/mol. The number of imidazole rings is 1. The quantitative estimate of drug-likeness (QED) is 0.141. The maximum atomic E-state index is 14.5. The van der Waals surface area contributed by atoms with E-state index in [1.165, 1.54) is 6.07 Å². The summed E-state index contributed by atoms with van der Waals surface area (Å²) < 4.78 is 14.5. The first kappa shape index (κ1) is 24.8. The zero-order chi connectivity index (χ0) is 26.6. The number of aromatic nitrogens is 3. The summed E-state index contributed by atoms with van der Waals surface area (Å²) >= 11 is 0. The van der Waals surface area contributed by atoms with Crippen molar-refractivity contribution < 1.29 is 9.18 Å². The van der Waals surface area contributed by atoms with Crippen molar-refractivity contribution in [1.82, 2.24) is 15.0 Å². The highest BCUT2D eigenvalue weighted by Crippen LogP contribution is 2.31. The Hall–Kier alpha value is -4.85. The van der Waals surface area contributed by atoms with Gasteiger partial charge in [0.25, 0.3) is 0 Å². The van der Waals surface area contributed by atoms with Crippen LogP contribution in [0.15, 0.2) is 79.1 Å². The number of hydrogen-bond acceptors (Lipinski definition) is 5. The van der Waals surface area contributed by atoms with Crippen LogP contribution in [0.2, 0.25) is 0 Å². The summed E-state index contributed by atoms with van der Waals surface area (Å²) in [6, 6.07) is 19.3. The van der Waals surface area contributed by atoms with Gasteiger partial charge in [0.1, 0.15) is 11.5 Å². The van der Waals surface area contributed by atoms with E-state index < -0.39 is 0 Å². The lowest BCUT2D eigenvalue weighted by Gasteiger charge is -2.10. The van der Waals surface area contributed by atoms with Crippen LogP contribution >= 0.6 is 0 Å². The zero-order valence-corrected chi connectivity index (χ0v) is 20.9. The van der Waals surface area contributed by atoms with E-state index in [4.69, 9.17) is 11.1 Å². The molecule has 3 aromatic carbocycles. The number of unbranched alkanes of at least 4 members (excludes halogenated alkanes) is 1. The lowest BCUT2D eigenvalue weighted by Crippen LogP contribution is -2.11. The number of rotatable bonds is 8. The minimum absolute atomic E-state index is 0.0507.